The van der Waals surface area contributed by atoms with Crippen LogP contribution in [0, 0.1) is 11.3 Å². The Morgan fingerprint density at radius 3 is 2.96 bits per heavy atom. The van der Waals surface area contributed by atoms with Crippen molar-refractivity contribution in [2.45, 2.75) is 38.6 Å². The lowest BCUT2D eigenvalue weighted by atomic mass is 10.1. The third-order valence-electron chi connectivity index (χ3n) is 4.12. The molecule has 0 radical (unpaired) electrons. The Morgan fingerprint density at radius 2 is 2.26 bits per heavy atom. The van der Waals surface area contributed by atoms with Crippen LogP contribution >= 0.6 is 7.82 Å². The predicted molar refractivity (Wildman–Crippen MR) is 96.6 cm³/mol. The van der Waals surface area contributed by atoms with E-state index in [1.807, 2.05) is 0 Å². The van der Waals surface area contributed by atoms with E-state index in [1.165, 1.54) is 12.5 Å². The Morgan fingerprint density at radius 1 is 1.44 bits per heavy atom. The lowest BCUT2D eigenvalue weighted by Crippen LogP contribution is -2.08. The van der Waals surface area contributed by atoms with Gasteiger partial charge >= 0.3 is 7.82 Å². The van der Waals surface area contributed by atoms with E-state index in [2.05, 4.69) is 33.0 Å². The van der Waals surface area contributed by atoms with Crippen LogP contribution in [-0.2, 0) is 4.57 Å². The predicted octanol–water partition coefficient (Wildman–Crippen LogP) is 2.94. The van der Waals surface area contributed by atoms with Crippen LogP contribution in [0.25, 0.3) is 22.3 Å². The fraction of sp³-hybridized carbons (Fsp3) is 0.375. The van der Waals surface area contributed by atoms with Gasteiger partial charge in [-0.15, -0.1) is 0 Å². The Bertz CT molecular complexity index is 1020. The van der Waals surface area contributed by atoms with Gasteiger partial charge in [0.05, 0.1) is 35.8 Å². The zero-order valence-electron chi connectivity index (χ0n) is 14.6. The lowest BCUT2D eigenvalue weighted by Gasteiger charge is -2.13. The molecule has 0 aliphatic rings. The molecule has 11 heteroatoms. The summed E-state index contributed by atoms with van der Waals surface area (Å²) in [6, 6.07) is 2.14. The van der Waals surface area contributed by atoms with Crippen molar-refractivity contribution in [3.05, 3.63) is 24.9 Å². The number of phosphoric acid groups is 1. The van der Waals surface area contributed by atoms with Gasteiger partial charge in [0.15, 0.2) is 5.75 Å². The highest BCUT2D eigenvalue weighted by molar-refractivity contribution is 7.46. The summed E-state index contributed by atoms with van der Waals surface area (Å²) in [6.07, 6.45) is 9.23. The summed E-state index contributed by atoms with van der Waals surface area (Å²) in [5, 5.41) is 13.8. The Balaban J connectivity index is 2.01. The topological polar surface area (TPSA) is 150 Å². The lowest BCUT2D eigenvalue weighted by molar-refractivity contribution is 0.284. The Labute approximate surface area is 155 Å². The van der Waals surface area contributed by atoms with Gasteiger partial charge in [-0.3, -0.25) is 14.5 Å². The minimum atomic E-state index is -4.73. The number of phosphoric ester groups is 1. The van der Waals surface area contributed by atoms with E-state index in [1.54, 1.807) is 17.1 Å². The molecule has 0 aliphatic carbocycles. The number of aromatic nitrogens is 5. The van der Waals surface area contributed by atoms with Gasteiger partial charge in [-0.1, -0.05) is 19.8 Å². The molecule has 0 saturated heterocycles. The molecule has 3 aromatic heterocycles. The Kier molecular flexibility index (Phi) is 5.56. The van der Waals surface area contributed by atoms with Crippen molar-refractivity contribution in [1.82, 2.24) is 24.7 Å². The fourth-order valence-corrected chi connectivity index (χ4v) is 3.29. The molecular weight excluding hydrogens is 371 g/mol. The summed E-state index contributed by atoms with van der Waals surface area (Å²) in [6.45, 7) is 2.09. The zero-order valence-corrected chi connectivity index (χ0v) is 15.5. The summed E-state index contributed by atoms with van der Waals surface area (Å²) >= 11 is 0. The molecule has 0 aromatic carbocycles. The van der Waals surface area contributed by atoms with Gasteiger partial charge in [0.1, 0.15) is 12.0 Å². The van der Waals surface area contributed by atoms with Gasteiger partial charge in [-0.05, 0) is 6.42 Å². The molecule has 3 N–H and O–H groups in total. The summed E-state index contributed by atoms with van der Waals surface area (Å²) in [4.78, 5) is 29.3. The van der Waals surface area contributed by atoms with Crippen LogP contribution in [0.1, 0.15) is 38.6 Å². The maximum Gasteiger partial charge on any atom is 0.524 e. The van der Waals surface area contributed by atoms with Crippen LogP contribution < -0.4 is 4.52 Å². The molecule has 3 rings (SSSR count). The van der Waals surface area contributed by atoms with E-state index in [-0.39, 0.29) is 11.8 Å². The van der Waals surface area contributed by atoms with Crippen LogP contribution in [-0.4, -0.2) is 34.5 Å². The molecule has 10 nitrogen and oxygen atoms in total. The second-order valence-corrected chi connectivity index (χ2v) is 7.21. The minimum absolute atomic E-state index is 0.0405. The van der Waals surface area contributed by atoms with Crippen molar-refractivity contribution in [3.63, 3.8) is 0 Å². The molecule has 1 unspecified atom stereocenters. The number of unbranched alkanes of at least 4 members (excludes halogenated alkanes) is 1. The molecule has 142 valence electrons. The van der Waals surface area contributed by atoms with Crippen LogP contribution in [0.5, 0.6) is 5.75 Å². The van der Waals surface area contributed by atoms with E-state index in [0.29, 0.717) is 28.7 Å². The largest absolute Gasteiger partial charge is 0.524 e. The number of nitriles is 1. The molecule has 0 amide bonds. The monoisotopic (exact) mass is 390 g/mol. The van der Waals surface area contributed by atoms with E-state index in [4.69, 9.17) is 19.6 Å². The van der Waals surface area contributed by atoms with Crippen molar-refractivity contribution in [2.75, 3.05) is 0 Å². The summed E-state index contributed by atoms with van der Waals surface area (Å²) < 4.78 is 17.7. The first-order chi connectivity index (χ1) is 12.9. The zero-order chi connectivity index (χ0) is 19.4. The second kappa shape index (κ2) is 7.88. The van der Waals surface area contributed by atoms with E-state index in [0.717, 1.165) is 19.3 Å². The van der Waals surface area contributed by atoms with Crippen LogP contribution in [0.2, 0.25) is 0 Å². The normalized spacial score (nSPS) is 12.8. The third-order valence-corrected chi connectivity index (χ3v) is 4.55. The van der Waals surface area contributed by atoms with Crippen LogP contribution in [0.3, 0.4) is 0 Å². The highest BCUT2D eigenvalue weighted by Crippen LogP contribution is 2.42. The van der Waals surface area contributed by atoms with Gasteiger partial charge in [0, 0.05) is 18.0 Å². The SMILES string of the molecule is CCCCC(CC#N)n1cc(-c2ncnc3[nH]cc(OP(=O)(O)O)c23)cn1. The minimum Gasteiger partial charge on any atom is -0.402 e. The van der Waals surface area contributed by atoms with Crippen LogP contribution in [0.15, 0.2) is 24.9 Å². The number of rotatable bonds is 8. The molecule has 0 aliphatic heterocycles. The van der Waals surface area contributed by atoms with Crippen molar-refractivity contribution in [3.8, 4) is 23.1 Å². The second-order valence-electron chi connectivity index (χ2n) is 6.05. The van der Waals surface area contributed by atoms with Gasteiger partial charge in [-0.2, -0.15) is 10.4 Å². The third kappa shape index (κ3) is 4.34. The highest BCUT2D eigenvalue weighted by atomic mass is 31.2. The number of hydrogen-bond donors (Lipinski definition) is 3. The molecule has 0 spiro atoms. The first-order valence-electron chi connectivity index (χ1n) is 8.41. The first kappa shape index (κ1) is 19.0. The molecule has 0 bridgehead atoms. The number of aromatic amines is 1. The van der Waals surface area contributed by atoms with E-state index in [9.17, 15) is 4.57 Å². The van der Waals surface area contributed by atoms with Crippen molar-refractivity contribution in [2.24, 2.45) is 0 Å². The van der Waals surface area contributed by atoms with Gasteiger partial charge in [0.2, 0.25) is 0 Å². The Hall–Kier alpha value is -2.73. The quantitative estimate of drug-likeness (QED) is 0.497. The summed E-state index contributed by atoms with van der Waals surface area (Å²) in [7, 11) is -4.73. The molecule has 3 heterocycles. The highest BCUT2D eigenvalue weighted by Gasteiger charge is 2.22. The number of nitrogens with zero attached hydrogens (tertiary/aromatic N) is 5. The van der Waals surface area contributed by atoms with Crippen molar-refractivity contribution >= 4 is 18.9 Å². The number of H-pyrrole nitrogens is 1. The summed E-state index contributed by atoms with van der Waals surface area (Å²) in [5.41, 5.74) is 1.45. The molecule has 0 fully saturated rings. The number of nitrogens with one attached hydrogen (secondary N) is 1. The smallest absolute Gasteiger partial charge is 0.402 e. The van der Waals surface area contributed by atoms with Gasteiger partial charge in [0.25, 0.3) is 0 Å². The maximum absolute atomic E-state index is 11.2. The average molecular weight is 390 g/mol. The van der Waals surface area contributed by atoms with Crippen molar-refractivity contribution < 1.29 is 18.9 Å². The van der Waals surface area contributed by atoms with Crippen LogP contribution in [0.4, 0.5) is 0 Å². The maximum atomic E-state index is 11.2. The molecule has 27 heavy (non-hydrogen) atoms. The average Bonchev–Trinajstić information content (AvgIpc) is 3.25. The molecule has 1 atom stereocenters. The molecule has 0 saturated carbocycles. The number of hydrogen-bond acceptors (Lipinski definition) is 6. The van der Waals surface area contributed by atoms with Gasteiger partial charge in [-0.25, -0.2) is 14.5 Å². The molecular formula is C16H19N6O4P. The van der Waals surface area contributed by atoms with E-state index >= 15 is 0 Å². The van der Waals surface area contributed by atoms with Gasteiger partial charge < -0.3 is 9.51 Å². The standard InChI is InChI=1S/C16H19N6O4P/c1-2-3-4-12(5-6-17)22-9-11(7-21-22)15-14-13(26-27(23,24)25)8-18-16(14)20-10-19-15/h7-10,12H,2-5H2,1H3,(H,18,19,20)(H2,23,24,25). The van der Waals surface area contributed by atoms with E-state index < -0.39 is 7.82 Å². The van der Waals surface area contributed by atoms with Crippen molar-refractivity contribution in [1.29, 1.82) is 5.26 Å². The first-order valence-corrected chi connectivity index (χ1v) is 9.94. The number of fused-ring (bicyclic) bond motifs is 1. The molecule has 3 aromatic rings. The fourth-order valence-electron chi connectivity index (χ4n) is 2.89. The summed E-state index contributed by atoms with van der Waals surface area (Å²) in [5.74, 6) is -0.0405.